The number of nitrogens with one attached hydrogen (secondary N) is 1. The Kier molecular flexibility index (Phi) is 5.30. The summed E-state index contributed by atoms with van der Waals surface area (Å²) in [6.45, 7) is -0.549. The number of carbonyl (C=O) groups excluding carboxylic acids is 1. The number of amides is 1. The molecule has 0 aliphatic rings. The second-order valence-electron chi connectivity index (χ2n) is 4.27. The minimum absolute atomic E-state index is 0.196. The van der Waals surface area contributed by atoms with Gasteiger partial charge in [0.05, 0.1) is 12.3 Å². The second kappa shape index (κ2) is 7.19. The number of ether oxygens (including phenoxy) is 1. The van der Waals surface area contributed by atoms with Crippen molar-refractivity contribution in [2.45, 2.75) is 6.61 Å². The first kappa shape index (κ1) is 15.5. The Balaban J connectivity index is 1.95. The highest BCUT2D eigenvalue weighted by Gasteiger charge is 2.07. The zero-order chi connectivity index (χ0) is 15.2. The zero-order valence-corrected chi connectivity index (χ0v) is 12.6. The number of benzene rings is 2. The minimum Gasteiger partial charge on any atom is -0.484 e. The van der Waals surface area contributed by atoms with E-state index in [9.17, 15) is 9.18 Å². The lowest BCUT2D eigenvalue weighted by Crippen LogP contribution is -2.20. The van der Waals surface area contributed by atoms with E-state index in [1.54, 1.807) is 18.2 Å². The molecular formula is C15H13BrFNO3. The monoisotopic (exact) mass is 353 g/mol. The van der Waals surface area contributed by atoms with Crippen LogP contribution in [0.1, 0.15) is 5.56 Å². The average Bonchev–Trinajstić information content (AvgIpc) is 2.47. The van der Waals surface area contributed by atoms with Crippen molar-refractivity contribution in [2.24, 2.45) is 0 Å². The van der Waals surface area contributed by atoms with Crippen LogP contribution in [0.2, 0.25) is 0 Å². The first-order chi connectivity index (χ1) is 10.1. The van der Waals surface area contributed by atoms with Crippen molar-refractivity contribution >= 4 is 27.5 Å². The molecule has 0 saturated carbocycles. The van der Waals surface area contributed by atoms with Gasteiger partial charge in [0.2, 0.25) is 0 Å². The molecule has 0 saturated heterocycles. The highest BCUT2D eigenvalue weighted by molar-refractivity contribution is 9.10. The summed E-state index contributed by atoms with van der Waals surface area (Å²) in [6, 6.07) is 11.0. The van der Waals surface area contributed by atoms with Crippen LogP contribution in [0, 0.1) is 5.82 Å². The van der Waals surface area contributed by atoms with Crippen molar-refractivity contribution in [3.63, 3.8) is 0 Å². The predicted molar refractivity (Wildman–Crippen MR) is 80.6 cm³/mol. The summed E-state index contributed by atoms with van der Waals surface area (Å²) in [5.74, 6) is -0.694. The number of carbonyl (C=O) groups is 1. The van der Waals surface area contributed by atoms with Gasteiger partial charge in [0, 0.05) is 10.5 Å². The van der Waals surface area contributed by atoms with E-state index in [1.165, 1.54) is 12.1 Å². The molecule has 0 unspecified atom stereocenters. The summed E-state index contributed by atoms with van der Waals surface area (Å²) >= 11 is 3.32. The van der Waals surface area contributed by atoms with Crippen molar-refractivity contribution in [1.29, 1.82) is 0 Å². The molecule has 4 nitrogen and oxygen atoms in total. The number of aliphatic hydroxyl groups excluding tert-OH is 1. The maximum absolute atomic E-state index is 13.2. The van der Waals surface area contributed by atoms with Gasteiger partial charge in [-0.3, -0.25) is 4.79 Å². The molecule has 21 heavy (non-hydrogen) atoms. The number of aliphatic hydroxyl groups is 1. The van der Waals surface area contributed by atoms with E-state index < -0.39 is 5.82 Å². The Labute approximate surface area is 129 Å². The van der Waals surface area contributed by atoms with E-state index in [0.717, 1.165) is 10.5 Å². The fourth-order valence-electron chi connectivity index (χ4n) is 1.69. The second-order valence-corrected chi connectivity index (χ2v) is 5.12. The molecule has 0 aliphatic carbocycles. The lowest BCUT2D eigenvalue weighted by molar-refractivity contribution is -0.118. The van der Waals surface area contributed by atoms with Crippen LogP contribution < -0.4 is 10.1 Å². The third-order valence-electron chi connectivity index (χ3n) is 2.63. The van der Waals surface area contributed by atoms with Crippen LogP contribution in [-0.2, 0) is 11.4 Å². The van der Waals surface area contributed by atoms with Gasteiger partial charge in [-0.25, -0.2) is 4.39 Å². The van der Waals surface area contributed by atoms with Crippen LogP contribution in [0.4, 0.5) is 10.1 Å². The number of halogens is 2. The van der Waals surface area contributed by atoms with Crippen LogP contribution in [0.3, 0.4) is 0 Å². The van der Waals surface area contributed by atoms with Crippen LogP contribution >= 0.6 is 15.9 Å². The predicted octanol–water partition coefficient (Wildman–Crippen LogP) is 3.10. The molecule has 0 atom stereocenters. The number of hydrogen-bond acceptors (Lipinski definition) is 3. The molecule has 0 spiro atoms. The van der Waals surface area contributed by atoms with Gasteiger partial charge in [0.1, 0.15) is 11.6 Å². The van der Waals surface area contributed by atoms with Crippen LogP contribution in [0.15, 0.2) is 46.9 Å². The van der Waals surface area contributed by atoms with E-state index >= 15 is 0 Å². The first-order valence-corrected chi connectivity index (χ1v) is 6.95. The Morgan fingerprint density at radius 3 is 2.76 bits per heavy atom. The summed E-state index contributed by atoms with van der Waals surface area (Å²) in [5.41, 5.74) is 1.01. The minimum atomic E-state index is -0.525. The molecule has 2 rings (SSSR count). The largest absolute Gasteiger partial charge is 0.484 e. The summed E-state index contributed by atoms with van der Waals surface area (Å²) in [6.07, 6.45) is 0. The molecule has 1 amide bonds. The standard InChI is InChI=1S/C15H13BrFNO3/c16-13-3-1-2-4-14(13)18-15(20)9-21-12-6-10(8-19)5-11(17)7-12/h1-7,19H,8-9H2,(H,18,20). The van der Waals surface area contributed by atoms with Crippen molar-refractivity contribution in [2.75, 3.05) is 11.9 Å². The van der Waals surface area contributed by atoms with E-state index in [4.69, 9.17) is 9.84 Å². The molecule has 6 heteroatoms. The summed E-state index contributed by atoms with van der Waals surface area (Å²) in [5, 5.41) is 11.7. The van der Waals surface area contributed by atoms with Gasteiger partial charge in [-0.1, -0.05) is 12.1 Å². The molecule has 0 radical (unpaired) electrons. The summed E-state index contributed by atoms with van der Waals surface area (Å²) < 4.78 is 19.2. The van der Waals surface area contributed by atoms with Crippen LogP contribution in [0.5, 0.6) is 5.75 Å². The molecule has 0 fully saturated rings. The Morgan fingerprint density at radius 2 is 2.05 bits per heavy atom. The molecule has 2 N–H and O–H groups in total. The number of rotatable bonds is 5. The topological polar surface area (TPSA) is 58.6 Å². The molecule has 2 aromatic carbocycles. The molecular weight excluding hydrogens is 341 g/mol. The van der Waals surface area contributed by atoms with Crippen molar-refractivity contribution < 1.29 is 19.0 Å². The molecule has 0 heterocycles. The molecule has 0 aliphatic heterocycles. The number of hydrogen-bond donors (Lipinski definition) is 2. The average molecular weight is 354 g/mol. The lowest BCUT2D eigenvalue weighted by atomic mass is 10.2. The highest BCUT2D eigenvalue weighted by atomic mass is 79.9. The van der Waals surface area contributed by atoms with Gasteiger partial charge in [-0.2, -0.15) is 0 Å². The van der Waals surface area contributed by atoms with Crippen molar-refractivity contribution in [3.8, 4) is 5.75 Å². The zero-order valence-electron chi connectivity index (χ0n) is 11.0. The van der Waals surface area contributed by atoms with Crippen molar-refractivity contribution in [1.82, 2.24) is 0 Å². The molecule has 0 aromatic heterocycles. The fourth-order valence-corrected chi connectivity index (χ4v) is 2.08. The van der Waals surface area contributed by atoms with Gasteiger partial charge in [-0.15, -0.1) is 0 Å². The third-order valence-corrected chi connectivity index (χ3v) is 3.32. The Hall–Kier alpha value is -1.92. The SMILES string of the molecule is O=C(COc1cc(F)cc(CO)c1)Nc1ccccc1Br. The van der Waals surface area contributed by atoms with Gasteiger partial charge >= 0.3 is 0 Å². The number of para-hydroxylation sites is 1. The lowest BCUT2D eigenvalue weighted by Gasteiger charge is -2.09. The van der Waals surface area contributed by atoms with Crippen LogP contribution in [0.25, 0.3) is 0 Å². The maximum Gasteiger partial charge on any atom is 0.262 e. The molecule has 2 aromatic rings. The quantitative estimate of drug-likeness (QED) is 0.868. The van der Waals surface area contributed by atoms with E-state index in [0.29, 0.717) is 11.3 Å². The smallest absolute Gasteiger partial charge is 0.262 e. The molecule has 0 bridgehead atoms. The van der Waals surface area contributed by atoms with E-state index in [-0.39, 0.29) is 24.9 Å². The van der Waals surface area contributed by atoms with Gasteiger partial charge in [-0.05, 0) is 45.8 Å². The highest BCUT2D eigenvalue weighted by Crippen LogP contribution is 2.21. The fraction of sp³-hybridized carbons (Fsp3) is 0.133. The third kappa shape index (κ3) is 4.54. The van der Waals surface area contributed by atoms with E-state index in [2.05, 4.69) is 21.2 Å². The first-order valence-electron chi connectivity index (χ1n) is 6.16. The number of anilines is 1. The van der Waals surface area contributed by atoms with Gasteiger partial charge in [0.15, 0.2) is 6.61 Å². The summed E-state index contributed by atoms with van der Waals surface area (Å²) in [7, 11) is 0. The van der Waals surface area contributed by atoms with Gasteiger partial charge < -0.3 is 15.2 Å². The Morgan fingerprint density at radius 1 is 1.29 bits per heavy atom. The van der Waals surface area contributed by atoms with Crippen LogP contribution in [-0.4, -0.2) is 17.6 Å². The maximum atomic E-state index is 13.2. The normalized spacial score (nSPS) is 10.2. The van der Waals surface area contributed by atoms with Crippen molar-refractivity contribution in [3.05, 3.63) is 58.3 Å². The Bertz CT molecular complexity index is 649. The van der Waals surface area contributed by atoms with E-state index in [1.807, 2.05) is 6.07 Å². The van der Waals surface area contributed by atoms with Gasteiger partial charge in [0.25, 0.3) is 5.91 Å². The summed E-state index contributed by atoms with van der Waals surface area (Å²) in [4.78, 5) is 11.8. The molecule has 110 valence electrons.